The molecule has 0 aliphatic heterocycles. The monoisotopic (exact) mass is 563 g/mol. The summed E-state index contributed by atoms with van der Waals surface area (Å²) in [4.78, 5) is 2.36. The standard InChI is InChI=1S/C42H29NO/c1-2-12-30(13-3-1)33-17-10-18-34(28-33)31-24-26-36(27-25-31)43(39-22-11-16-32-14-4-6-19-37(32)39)40-21-8-7-20-38(40)42-29-35-15-5-9-23-41(35)44-42/h1-29H. The summed E-state index contributed by atoms with van der Waals surface area (Å²) in [7, 11) is 0. The lowest BCUT2D eigenvalue weighted by atomic mass is 9.98. The van der Waals surface area contributed by atoms with Crippen molar-refractivity contribution in [3.8, 4) is 33.6 Å². The molecule has 2 nitrogen and oxygen atoms in total. The van der Waals surface area contributed by atoms with E-state index >= 15 is 0 Å². The van der Waals surface area contributed by atoms with Crippen molar-refractivity contribution < 1.29 is 4.42 Å². The smallest absolute Gasteiger partial charge is 0.137 e. The minimum atomic E-state index is 0.849. The van der Waals surface area contributed by atoms with Crippen LogP contribution in [0.2, 0.25) is 0 Å². The molecule has 0 aliphatic carbocycles. The van der Waals surface area contributed by atoms with Gasteiger partial charge >= 0.3 is 0 Å². The molecule has 8 rings (SSSR count). The highest BCUT2D eigenvalue weighted by molar-refractivity contribution is 6.01. The van der Waals surface area contributed by atoms with Gasteiger partial charge in [0.25, 0.3) is 0 Å². The van der Waals surface area contributed by atoms with E-state index in [0.717, 1.165) is 39.4 Å². The van der Waals surface area contributed by atoms with Gasteiger partial charge < -0.3 is 9.32 Å². The average Bonchev–Trinajstić information content (AvgIpc) is 3.54. The lowest BCUT2D eigenvalue weighted by Crippen LogP contribution is -2.11. The molecule has 0 unspecified atom stereocenters. The van der Waals surface area contributed by atoms with Gasteiger partial charge in [0.2, 0.25) is 0 Å². The van der Waals surface area contributed by atoms with Gasteiger partial charge in [0.1, 0.15) is 11.3 Å². The zero-order valence-electron chi connectivity index (χ0n) is 24.1. The first kappa shape index (κ1) is 25.8. The normalized spacial score (nSPS) is 11.2. The van der Waals surface area contributed by atoms with E-state index in [1.165, 1.54) is 33.0 Å². The highest BCUT2D eigenvalue weighted by Crippen LogP contribution is 2.44. The van der Waals surface area contributed by atoms with E-state index < -0.39 is 0 Å². The maximum Gasteiger partial charge on any atom is 0.137 e. The zero-order chi connectivity index (χ0) is 29.3. The number of fused-ring (bicyclic) bond motifs is 2. The van der Waals surface area contributed by atoms with Crippen molar-refractivity contribution in [2.24, 2.45) is 0 Å². The number of benzene rings is 7. The lowest BCUT2D eigenvalue weighted by molar-refractivity contribution is 0.631. The molecular formula is C42H29NO. The Kier molecular flexibility index (Phi) is 6.51. The Bertz CT molecular complexity index is 2190. The summed E-state index contributed by atoms with van der Waals surface area (Å²) < 4.78 is 6.40. The maximum atomic E-state index is 6.40. The molecule has 1 heterocycles. The third kappa shape index (κ3) is 4.73. The number of anilines is 3. The van der Waals surface area contributed by atoms with Crippen molar-refractivity contribution in [2.45, 2.75) is 0 Å². The molecule has 7 aromatic carbocycles. The molecule has 44 heavy (non-hydrogen) atoms. The average molecular weight is 564 g/mol. The molecule has 0 saturated heterocycles. The molecule has 2 heteroatoms. The molecular weight excluding hydrogens is 534 g/mol. The van der Waals surface area contributed by atoms with Crippen LogP contribution >= 0.6 is 0 Å². The van der Waals surface area contributed by atoms with E-state index in [0.29, 0.717) is 0 Å². The maximum absolute atomic E-state index is 6.40. The Morgan fingerprint density at radius 2 is 0.977 bits per heavy atom. The molecule has 208 valence electrons. The van der Waals surface area contributed by atoms with Crippen LogP contribution in [0.3, 0.4) is 0 Å². The first-order chi connectivity index (χ1) is 21.8. The van der Waals surface area contributed by atoms with Crippen molar-refractivity contribution in [1.82, 2.24) is 0 Å². The third-order valence-electron chi connectivity index (χ3n) is 8.27. The van der Waals surface area contributed by atoms with Crippen LogP contribution in [-0.4, -0.2) is 0 Å². The Morgan fingerprint density at radius 1 is 0.386 bits per heavy atom. The summed E-state index contributed by atoms with van der Waals surface area (Å²) in [5, 5.41) is 3.48. The largest absolute Gasteiger partial charge is 0.456 e. The summed E-state index contributed by atoms with van der Waals surface area (Å²) >= 11 is 0. The van der Waals surface area contributed by atoms with Gasteiger partial charge in [-0.25, -0.2) is 0 Å². The topological polar surface area (TPSA) is 16.4 Å². The minimum Gasteiger partial charge on any atom is -0.456 e. The van der Waals surface area contributed by atoms with Gasteiger partial charge in [-0.05, 0) is 76.2 Å². The number of furan rings is 1. The van der Waals surface area contributed by atoms with E-state index in [4.69, 9.17) is 4.42 Å². The predicted octanol–water partition coefficient (Wildman–Crippen LogP) is 12.1. The number of rotatable bonds is 6. The van der Waals surface area contributed by atoms with E-state index in [-0.39, 0.29) is 0 Å². The summed E-state index contributed by atoms with van der Waals surface area (Å²) in [6.07, 6.45) is 0. The lowest BCUT2D eigenvalue weighted by Gasteiger charge is -2.28. The minimum absolute atomic E-state index is 0.849. The zero-order valence-corrected chi connectivity index (χ0v) is 24.1. The van der Waals surface area contributed by atoms with Crippen molar-refractivity contribution >= 4 is 38.8 Å². The van der Waals surface area contributed by atoms with Crippen LogP contribution in [0.25, 0.3) is 55.3 Å². The molecule has 1 aromatic heterocycles. The molecule has 0 amide bonds. The molecule has 0 N–H and O–H groups in total. The SMILES string of the molecule is c1ccc(-c2cccc(-c3ccc(N(c4ccccc4-c4cc5ccccc5o4)c4cccc5ccccc45)cc3)c2)cc1. The summed E-state index contributed by atoms with van der Waals surface area (Å²) in [6.45, 7) is 0. The fourth-order valence-electron chi connectivity index (χ4n) is 6.11. The van der Waals surface area contributed by atoms with Gasteiger partial charge in [0.05, 0.1) is 11.4 Å². The van der Waals surface area contributed by atoms with Crippen molar-refractivity contribution in [1.29, 1.82) is 0 Å². The quantitative estimate of drug-likeness (QED) is 0.200. The van der Waals surface area contributed by atoms with Crippen LogP contribution in [0.15, 0.2) is 180 Å². The van der Waals surface area contributed by atoms with E-state index in [1.54, 1.807) is 0 Å². The molecule has 0 atom stereocenters. The molecule has 0 spiro atoms. The van der Waals surface area contributed by atoms with Crippen molar-refractivity contribution in [2.75, 3.05) is 4.90 Å². The highest BCUT2D eigenvalue weighted by Gasteiger charge is 2.20. The number of hydrogen-bond donors (Lipinski definition) is 0. The van der Waals surface area contributed by atoms with Crippen molar-refractivity contribution in [3.05, 3.63) is 176 Å². The molecule has 0 fully saturated rings. The number of para-hydroxylation sites is 2. The second-order valence-electron chi connectivity index (χ2n) is 11.0. The Morgan fingerprint density at radius 3 is 1.80 bits per heavy atom. The summed E-state index contributed by atoms with van der Waals surface area (Å²) in [5.74, 6) is 0.849. The summed E-state index contributed by atoms with van der Waals surface area (Å²) in [6, 6.07) is 62.1. The number of hydrogen-bond acceptors (Lipinski definition) is 2. The fraction of sp³-hybridized carbons (Fsp3) is 0. The summed E-state index contributed by atoms with van der Waals surface area (Å²) in [5.41, 5.74) is 9.97. The van der Waals surface area contributed by atoms with E-state index in [9.17, 15) is 0 Å². The number of nitrogens with zero attached hydrogens (tertiary/aromatic N) is 1. The van der Waals surface area contributed by atoms with Crippen LogP contribution in [-0.2, 0) is 0 Å². The second kappa shape index (κ2) is 11.1. The molecule has 0 bridgehead atoms. The van der Waals surface area contributed by atoms with E-state index in [2.05, 4.69) is 163 Å². The Hall–Kier alpha value is -5.86. The van der Waals surface area contributed by atoms with Gasteiger partial charge in [-0.15, -0.1) is 0 Å². The van der Waals surface area contributed by atoms with Gasteiger partial charge in [0.15, 0.2) is 0 Å². The van der Waals surface area contributed by atoms with Crippen LogP contribution in [0.4, 0.5) is 17.1 Å². The van der Waals surface area contributed by atoms with Gasteiger partial charge in [-0.1, -0.05) is 127 Å². The van der Waals surface area contributed by atoms with Crippen LogP contribution in [0, 0.1) is 0 Å². The van der Waals surface area contributed by atoms with Crippen LogP contribution < -0.4 is 4.90 Å². The van der Waals surface area contributed by atoms with Gasteiger partial charge in [-0.2, -0.15) is 0 Å². The highest BCUT2D eigenvalue weighted by atomic mass is 16.3. The Labute approximate surface area is 257 Å². The predicted molar refractivity (Wildman–Crippen MR) is 185 cm³/mol. The molecule has 8 aromatic rings. The third-order valence-corrected chi connectivity index (χ3v) is 8.27. The van der Waals surface area contributed by atoms with Crippen molar-refractivity contribution in [3.63, 3.8) is 0 Å². The molecule has 0 saturated carbocycles. The van der Waals surface area contributed by atoms with Gasteiger partial charge in [-0.3, -0.25) is 0 Å². The molecule has 0 aliphatic rings. The Balaban J connectivity index is 1.27. The second-order valence-corrected chi connectivity index (χ2v) is 11.0. The fourth-order valence-corrected chi connectivity index (χ4v) is 6.11. The molecule has 0 radical (unpaired) electrons. The van der Waals surface area contributed by atoms with Crippen LogP contribution in [0.5, 0.6) is 0 Å². The van der Waals surface area contributed by atoms with E-state index in [1.807, 2.05) is 18.2 Å². The first-order valence-electron chi connectivity index (χ1n) is 14.9. The van der Waals surface area contributed by atoms with Gasteiger partial charge in [0, 0.05) is 22.0 Å². The first-order valence-corrected chi connectivity index (χ1v) is 14.9. The van der Waals surface area contributed by atoms with Crippen LogP contribution in [0.1, 0.15) is 0 Å².